The highest BCUT2D eigenvalue weighted by Gasteiger charge is 2.45. The van der Waals surface area contributed by atoms with Crippen molar-refractivity contribution in [2.24, 2.45) is 5.92 Å². The Bertz CT molecular complexity index is 951. The minimum Gasteiger partial charge on any atom is -0.417 e. The molecule has 3 aliphatic rings. The minimum absolute atomic E-state index is 0.0578. The van der Waals surface area contributed by atoms with Crippen molar-refractivity contribution in [3.8, 4) is 0 Å². The molecular weight excluding hydrogens is 412 g/mol. The van der Waals surface area contributed by atoms with Crippen LogP contribution in [0.25, 0.3) is 0 Å². The van der Waals surface area contributed by atoms with Gasteiger partial charge in [-0.05, 0) is 56.6 Å². The molecule has 1 saturated carbocycles. The maximum atomic E-state index is 12.2. The third kappa shape index (κ3) is 4.05. The van der Waals surface area contributed by atoms with Crippen LogP contribution < -0.4 is 5.32 Å². The van der Waals surface area contributed by atoms with Gasteiger partial charge in [-0.25, -0.2) is 0 Å². The number of piperidine rings is 1. The molecule has 1 N–H and O–H groups in total. The average Bonchev–Trinajstić information content (AvgIpc) is 3.35. The van der Waals surface area contributed by atoms with E-state index in [0.29, 0.717) is 17.9 Å². The second kappa shape index (κ2) is 8.30. The van der Waals surface area contributed by atoms with Gasteiger partial charge in [-0.1, -0.05) is 6.92 Å². The van der Waals surface area contributed by atoms with Gasteiger partial charge in [-0.3, -0.25) is 4.79 Å². The summed E-state index contributed by atoms with van der Waals surface area (Å²) in [4.78, 5) is 17.8. The summed E-state index contributed by atoms with van der Waals surface area (Å²) in [5.41, 5.74) is 1.40. The molecule has 0 aromatic carbocycles. The molecule has 0 unspecified atom stereocenters. The van der Waals surface area contributed by atoms with Crippen LogP contribution in [-0.2, 0) is 23.2 Å². The molecule has 0 bridgehead atoms. The Morgan fingerprint density at radius 2 is 2.23 bits per heavy atom. The van der Waals surface area contributed by atoms with Gasteiger partial charge in [-0.15, -0.1) is 21.5 Å². The van der Waals surface area contributed by atoms with Gasteiger partial charge < -0.3 is 19.4 Å². The van der Waals surface area contributed by atoms with E-state index in [-0.39, 0.29) is 23.4 Å². The Balaban J connectivity index is 1.14. The lowest BCUT2D eigenvalue weighted by Crippen LogP contribution is -2.54. The van der Waals surface area contributed by atoms with E-state index >= 15 is 0 Å². The Morgan fingerprint density at radius 3 is 2.94 bits per heavy atom. The minimum atomic E-state index is -0.259. The fourth-order valence-electron chi connectivity index (χ4n) is 5.52. The second-order valence-electron chi connectivity index (χ2n) is 9.43. The van der Waals surface area contributed by atoms with Gasteiger partial charge >= 0.3 is 11.8 Å². The van der Waals surface area contributed by atoms with Crippen molar-refractivity contribution in [3.63, 3.8) is 0 Å². The fraction of sp³-hybridized carbons (Fsp3) is 0.696. The number of carbonyl (C=O) groups excluding carboxylic acids is 1. The van der Waals surface area contributed by atoms with Gasteiger partial charge in [-0.2, -0.15) is 0 Å². The highest BCUT2D eigenvalue weighted by molar-refractivity contribution is 7.12. The number of likely N-dealkylation sites (tertiary alicyclic amines) is 1. The summed E-state index contributed by atoms with van der Waals surface area (Å²) in [6.45, 7) is 9.31. The zero-order valence-electron chi connectivity index (χ0n) is 18.6. The maximum absolute atomic E-state index is 12.2. The number of hydrogen-bond acceptors (Lipinski definition) is 7. The van der Waals surface area contributed by atoms with Crippen LogP contribution in [0.4, 0.5) is 0 Å². The highest BCUT2D eigenvalue weighted by atomic mass is 32.1. The molecule has 168 valence electrons. The molecule has 8 heteroatoms. The first kappa shape index (κ1) is 21.1. The van der Waals surface area contributed by atoms with Crippen molar-refractivity contribution in [2.75, 3.05) is 19.7 Å². The molecule has 2 aromatic rings. The fourth-order valence-corrected chi connectivity index (χ4v) is 6.69. The van der Waals surface area contributed by atoms with Gasteiger partial charge in [0.2, 0.25) is 5.89 Å². The van der Waals surface area contributed by atoms with Crippen LogP contribution in [0.2, 0.25) is 0 Å². The van der Waals surface area contributed by atoms with Crippen LogP contribution in [-0.4, -0.2) is 52.8 Å². The van der Waals surface area contributed by atoms with E-state index in [4.69, 9.17) is 9.15 Å². The average molecular weight is 445 g/mol. The summed E-state index contributed by atoms with van der Waals surface area (Å²) in [6, 6.07) is 3.13. The molecule has 1 spiro atoms. The van der Waals surface area contributed by atoms with Gasteiger partial charge in [0.05, 0.1) is 12.2 Å². The number of rotatable bonds is 5. The van der Waals surface area contributed by atoms with E-state index in [1.165, 1.54) is 10.4 Å². The number of ether oxygens (including phenoxy) is 1. The standard InChI is InChI=1S/C23H32N4O3S/c1-4-18-11-19-20(31-18)5-8-29-23(19)6-7-27(14(2)12-23)13-16-9-17(10-16)24-21(28)22-26-25-15(3)30-22/h11,14,16-17H,4-10,12-13H2,1-3H3,(H,24,28)/t14-,16?,17?,23+/m0/s1. The molecule has 2 atom stereocenters. The monoisotopic (exact) mass is 444 g/mol. The van der Waals surface area contributed by atoms with Crippen LogP contribution in [0.1, 0.15) is 71.4 Å². The van der Waals surface area contributed by atoms with E-state index in [1.807, 2.05) is 11.3 Å². The predicted octanol–water partition coefficient (Wildman–Crippen LogP) is 3.46. The number of amides is 1. The second-order valence-corrected chi connectivity index (χ2v) is 10.6. The summed E-state index contributed by atoms with van der Waals surface area (Å²) in [7, 11) is 0. The van der Waals surface area contributed by atoms with Crippen molar-refractivity contribution in [2.45, 2.75) is 77.0 Å². The molecule has 7 nitrogen and oxygen atoms in total. The summed E-state index contributed by atoms with van der Waals surface area (Å²) in [5, 5.41) is 10.5. The molecular formula is C23H32N4O3S. The van der Waals surface area contributed by atoms with Crippen molar-refractivity contribution in [3.05, 3.63) is 33.2 Å². The lowest BCUT2D eigenvalue weighted by molar-refractivity contribution is -0.114. The van der Waals surface area contributed by atoms with Crippen LogP contribution in [0.15, 0.2) is 10.5 Å². The molecule has 2 aromatic heterocycles. The Hall–Kier alpha value is -1.77. The molecule has 2 fully saturated rings. The molecule has 4 heterocycles. The van der Waals surface area contributed by atoms with Gasteiger partial charge in [0.25, 0.3) is 0 Å². The summed E-state index contributed by atoms with van der Waals surface area (Å²) in [5.74, 6) is 0.838. The van der Waals surface area contributed by atoms with E-state index in [9.17, 15) is 4.79 Å². The smallest absolute Gasteiger partial charge is 0.309 e. The highest BCUT2D eigenvalue weighted by Crippen LogP contribution is 2.46. The van der Waals surface area contributed by atoms with E-state index < -0.39 is 0 Å². The van der Waals surface area contributed by atoms with Gasteiger partial charge in [0.1, 0.15) is 0 Å². The number of carbonyl (C=O) groups is 1. The summed E-state index contributed by atoms with van der Waals surface area (Å²) < 4.78 is 11.7. The quantitative estimate of drug-likeness (QED) is 0.761. The van der Waals surface area contributed by atoms with Crippen LogP contribution in [0.3, 0.4) is 0 Å². The first-order valence-corrected chi connectivity index (χ1v) is 12.4. The number of aromatic nitrogens is 2. The maximum Gasteiger partial charge on any atom is 0.309 e. The van der Waals surface area contributed by atoms with Crippen molar-refractivity contribution >= 4 is 17.2 Å². The van der Waals surface area contributed by atoms with Crippen molar-refractivity contribution < 1.29 is 13.9 Å². The Labute approximate surface area is 187 Å². The molecule has 1 saturated heterocycles. The topological polar surface area (TPSA) is 80.5 Å². The lowest BCUT2D eigenvalue weighted by atomic mass is 9.76. The first-order valence-electron chi connectivity index (χ1n) is 11.6. The van der Waals surface area contributed by atoms with E-state index in [2.05, 4.69) is 40.3 Å². The number of nitrogens with one attached hydrogen (secondary N) is 1. The van der Waals surface area contributed by atoms with Gasteiger partial charge in [0, 0.05) is 48.3 Å². The zero-order valence-corrected chi connectivity index (χ0v) is 19.5. The molecule has 0 radical (unpaired) electrons. The predicted molar refractivity (Wildman–Crippen MR) is 118 cm³/mol. The van der Waals surface area contributed by atoms with Crippen LogP contribution in [0.5, 0.6) is 0 Å². The lowest BCUT2D eigenvalue weighted by Gasteiger charge is -2.49. The first-order chi connectivity index (χ1) is 15.0. The van der Waals surface area contributed by atoms with Crippen molar-refractivity contribution in [1.82, 2.24) is 20.4 Å². The summed E-state index contributed by atoms with van der Waals surface area (Å²) >= 11 is 1.99. The number of nitrogens with zero attached hydrogens (tertiary/aromatic N) is 3. The number of aryl methyl sites for hydroxylation is 2. The Morgan fingerprint density at radius 1 is 1.39 bits per heavy atom. The number of hydrogen-bond donors (Lipinski definition) is 1. The largest absolute Gasteiger partial charge is 0.417 e. The third-order valence-electron chi connectivity index (χ3n) is 7.24. The summed E-state index contributed by atoms with van der Waals surface area (Å²) in [6.07, 6.45) is 6.35. The Kier molecular flexibility index (Phi) is 5.65. The third-order valence-corrected chi connectivity index (χ3v) is 8.58. The number of fused-ring (bicyclic) bond motifs is 2. The SMILES string of the molecule is CCc1cc2c(s1)CCO[C@@]21CCN(CC2CC(NC(=O)c3nnc(C)o3)C2)[C@@H](C)C1. The normalized spacial score (nSPS) is 30.7. The zero-order chi connectivity index (χ0) is 21.6. The van der Waals surface area contributed by atoms with E-state index in [1.54, 1.807) is 11.8 Å². The molecule has 1 amide bonds. The molecule has 5 rings (SSSR count). The molecule has 31 heavy (non-hydrogen) atoms. The number of thiophene rings is 1. The van der Waals surface area contributed by atoms with Crippen LogP contribution in [0, 0.1) is 12.8 Å². The van der Waals surface area contributed by atoms with E-state index in [0.717, 1.165) is 58.2 Å². The van der Waals surface area contributed by atoms with Crippen molar-refractivity contribution in [1.29, 1.82) is 0 Å². The van der Waals surface area contributed by atoms with Gasteiger partial charge in [0.15, 0.2) is 0 Å². The molecule has 1 aliphatic carbocycles. The van der Waals surface area contributed by atoms with Crippen LogP contribution >= 0.6 is 11.3 Å². The molecule has 2 aliphatic heterocycles.